The Morgan fingerprint density at radius 1 is 1.44 bits per heavy atom. The van der Waals surface area contributed by atoms with Crippen LogP contribution in [0.1, 0.15) is 19.8 Å². The van der Waals surface area contributed by atoms with Gasteiger partial charge in [-0.05, 0) is 18.6 Å². The Balaban J connectivity index is 2.76. The van der Waals surface area contributed by atoms with Gasteiger partial charge in [-0.2, -0.15) is 0 Å². The molecule has 0 bridgehead atoms. The summed E-state index contributed by atoms with van der Waals surface area (Å²) in [6.07, 6.45) is 3.53. The lowest BCUT2D eigenvalue weighted by Crippen LogP contribution is -2.12. The van der Waals surface area contributed by atoms with Crippen LogP contribution in [0.15, 0.2) is 23.2 Å². The number of sulfone groups is 1. The molecule has 1 rings (SSSR count). The normalized spacial score (nSPS) is 11.1. The van der Waals surface area contributed by atoms with Gasteiger partial charge in [0.2, 0.25) is 5.91 Å². The summed E-state index contributed by atoms with van der Waals surface area (Å²) in [6.45, 7) is 1.90. The van der Waals surface area contributed by atoms with Crippen LogP contribution < -0.4 is 5.32 Å². The highest BCUT2D eigenvalue weighted by Gasteiger charge is 2.08. The van der Waals surface area contributed by atoms with E-state index in [4.69, 9.17) is 0 Å². The molecule has 0 spiro atoms. The zero-order valence-corrected chi connectivity index (χ0v) is 10.0. The number of carbonyl (C=O) groups is 1. The Hall–Kier alpha value is -1.43. The first kappa shape index (κ1) is 12.6. The van der Waals surface area contributed by atoms with Gasteiger partial charge in [0.1, 0.15) is 5.82 Å². The molecular weight excluding hydrogens is 228 g/mol. The van der Waals surface area contributed by atoms with Gasteiger partial charge in [-0.1, -0.05) is 6.92 Å². The lowest BCUT2D eigenvalue weighted by Gasteiger charge is -2.03. The van der Waals surface area contributed by atoms with Crippen molar-refractivity contribution in [3.63, 3.8) is 0 Å². The third-order valence-electron chi connectivity index (χ3n) is 1.91. The number of amides is 1. The minimum Gasteiger partial charge on any atom is -0.311 e. The van der Waals surface area contributed by atoms with Crippen molar-refractivity contribution in [3.8, 4) is 0 Å². The number of hydrogen-bond acceptors (Lipinski definition) is 4. The molecule has 1 aromatic heterocycles. The van der Waals surface area contributed by atoms with E-state index in [1.807, 2.05) is 6.92 Å². The van der Waals surface area contributed by atoms with Crippen LogP contribution in [0.3, 0.4) is 0 Å². The molecule has 0 aliphatic rings. The van der Waals surface area contributed by atoms with Gasteiger partial charge in [0, 0.05) is 18.9 Å². The second-order valence-electron chi connectivity index (χ2n) is 3.45. The second kappa shape index (κ2) is 5.07. The molecule has 5 nitrogen and oxygen atoms in total. The average molecular weight is 242 g/mol. The zero-order chi connectivity index (χ0) is 12.2. The van der Waals surface area contributed by atoms with Crippen molar-refractivity contribution in [3.05, 3.63) is 18.3 Å². The van der Waals surface area contributed by atoms with Crippen LogP contribution in [-0.2, 0) is 14.6 Å². The summed E-state index contributed by atoms with van der Waals surface area (Å²) >= 11 is 0. The maximum absolute atomic E-state index is 11.2. The highest BCUT2D eigenvalue weighted by atomic mass is 32.2. The molecule has 16 heavy (non-hydrogen) atoms. The number of anilines is 1. The van der Waals surface area contributed by atoms with E-state index in [1.165, 1.54) is 18.3 Å². The Labute approximate surface area is 94.8 Å². The number of rotatable bonds is 4. The van der Waals surface area contributed by atoms with Crippen molar-refractivity contribution in [1.82, 2.24) is 4.98 Å². The fourth-order valence-corrected chi connectivity index (χ4v) is 1.67. The highest BCUT2D eigenvalue weighted by Crippen LogP contribution is 2.10. The molecule has 1 N–H and O–H groups in total. The topological polar surface area (TPSA) is 76.1 Å². The van der Waals surface area contributed by atoms with Crippen LogP contribution in [0.25, 0.3) is 0 Å². The lowest BCUT2D eigenvalue weighted by atomic mass is 10.3. The third-order valence-corrected chi connectivity index (χ3v) is 3.01. The van der Waals surface area contributed by atoms with Crippen LogP contribution >= 0.6 is 0 Å². The second-order valence-corrected chi connectivity index (χ2v) is 5.47. The molecule has 1 amide bonds. The molecule has 1 aromatic rings. The van der Waals surface area contributed by atoms with Crippen LogP contribution in [0.5, 0.6) is 0 Å². The van der Waals surface area contributed by atoms with Gasteiger partial charge in [0.25, 0.3) is 0 Å². The molecule has 0 saturated heterocycles. The molecule has 0 radical (unpaired) electrons. The number of nitrogens with zero attached hydrogens (tertiary/aromatic N) is 1. The van der Waals surface area contributed by atoms with Crippen LogP contribution in [0, 0.1) is 0 Å². The summed E-state index contributed by atoms with van der Waals surface area (Å²) in [7, 11) is -3.23. The van der Waals surface area contributed by atoms with Crippen LogP contribution in [0.2, 0.25) is 0 Å². The first-order chi connectivity index (χ1) is 7.43. The Morgan fingerprint density at radius 3 is 2.56 bits per heavy atom. The maximum Gasteiger partial charge on any atom is 0.225 e. The van der Waals surface area contributed by atoms with E-state index in [0.29, 0.717) is 12.2 Å². The first-order valence-electron chi connectivity index (χ1n) is 4.89. The van der Waals surface area contributed by atoms with Gasteiger partial charge in [-0.25, -0.2) is 13.4 Å². The van der Waals surface area contributed by atoms with Crippen molar-refractivity contribution < 1.29 is 13.2 Å². The molecular formula is C10H14N2O3S. The number of aromatic nitrogens is 1. The summed E-state index contributed by atoms with van der Waals surface area (Å²) in [5.41, 5.74) is 0. The molecule has 88 valence electrons. The van der Waals surface area contributed by atoms with E-state index >= 15 is 0 Å². The highest BCUT2D eigenvalue weighted by molar-refractivity contribution is 7.90. The average Bonchev–Trinajstić information content (AvgIpc) is 2.17. The minimum atomic E-state index is -3.23. The molecule has 0 aromatic carbocycles. The molecule has 0 unspecified atom stereocenters. The van der Waals surface area contributed by atoms with Crippen molar-refractivity contribution >= 4 is 21.6 Å². The largest absolute Gasteiger partial charge is 0.311 e. The first-order valence-corrected chi connectivity index (χ1v) is 6.78. The van der Waals surface area contributed by atoms with Crippen molar-refractivity contribution in [1.29, 1.82) is 0 Å². The number of carbonyl (C=O) groups excluding carboxylic acids is 1. The van der Waals surface area contributed by atoms with E-state index in [2.05, 4.69) is 10.3 Å². The van der Waals surface area contributed by atoms with Gasteiger partial charge in [0.15, 0.2) is 9.84 Å². The van der Waals surface area contributed by atoms with Crippen molar-refractivity contribution in [2.75, 3.05) is 11.6 Å². The predicted octanol–water partition coefficient (Wildman–Crippen LogP) is 1.22. The van der Waals surface area contributed by atoms with E-state index in [1.54, 1.807) is 0 Å². The predicted molar refractivity (Wildman–Crippen MR) is 60.9 cm³/mol. The Morgan fingerprint density at radius 2 is 2.12 bits per heavy atom. The molecule has 6 heteroatoms. The molecule has 0 saturated carbocycles. The molecule has 0 aliphatic carbocycles. The number of nitrogens with one attached hydrogen (secondary N) is 1. The summed E-state index contributed by atoms with van der Waals surface area (Å²) in [5.74, 6) is 0.243. The van der Waals surface area contributed by atoms with Gasteiger partial charge in [-0.15, -0.1) is 0 Å². The molecule has 0 fully saturated rings. The zero-order valence-electron chi connectivity index (χ0n) is 9.23. The smallest absolute Gasteiger partial charge is 0.225 e. The van der Waals surface area contributed by atoms with Crippen LogP contribution in [-0.4, -0.2) is 25.6 Å². The van der Waals surface area contributed by atoms with Gasteiger partial charge in [0.05, 0.1) is 4.90 Å². The van der Waals surface area contributed by atoms with Gasteiger partial charge < -0.3 is 5.32 Å². The fraction of sp³-hybridized carbons (Fsp3) is 0.400. The van der Waals surface area contributed by atoms with E-state index in [-0.39, 0.29) is 10.8 Å². The van der Waals surface area contributed by atoms with E-state index < -0.39 is 9.84 Å². The summed E-state index contributed by atoms with van der Waals surface area (Å²) < 4.78 is 22.3. The quantitative estimate of drug-likeness (QED) is 0.861. The monoisotopic (exact) mass is 242 g/mol. The molecule has 0 aliphatic heterocycles. The Kier molecular flexibility index (Phi) is 4.00. The van der Waals surface area contributed by atoms with E-state index in [0.717, 1.165) is 12.7 Å². The van der Waals surface area contributed by atoms with Crippen molar-refractivity contribution in [2.24, 2.45) is 0 Å². The van der Waals surface area contributed by atoms with Gasteiger partial charge >= 0.3 is 0 Å². The standard InChI is InChI=1S/C10H14N2O3S/c1-3-4-10(13)12-9-6-5-8(7-11-9)16(2,14)15/h5-7H,3-4H2,1-2H3,(H,11,12,13). The minimum absolute atomic E-state index is 0.123. The van der Waals surface area contributed by atoms with E-state index in [9.17, 15) is 13.2 Å². The van der Waals surface area contributed by atoms with Crippen molar-refractivity contribution in [2.45, 2.75) is 24.7 Å². The summed E-state index contributed by atoms with van der Waals surface area (Å²) in [5, 5.41) is 2.58. The Bertz CT molecular complexity index is 465. The number of hydrogen-bond donors (Lipinski definition) is 1. The SMILES string of the molecule is CCCC(=O)Nc1ccc(S(C)(=O)=O)cn1. The van der Waals surface area contributed by atoms with Gasteiger partial charge in [-0.3, -0.25) is 4.79 Å². The lowest BCUT2D eigenvalue weighted by molar-refractivity contribution is -0.116. The fourth-order valence-electron chi connectivity index (χ4n) is 1.11. The number of pyridine rings is 1. The third kappa shape index (κ3) is 3.62. The molecule has 1 heterocycles. The summed E-state index contributed by atoms with van der Waals surface area (Å²) in [6, 6.07) is 2.90. The molecule has 0 atom stereocenters. The summed E-state index contributed by atoms with van der Waals surface area (Å²) in [4.78, 5) is 15.2. The maximum atomic E-state index is 11.2. The van der Waals surface area contributed by atoms with Crippen LogP contribution in [0.4, 0.5) is 5.82 Å².